The Bertz CT molecular complexity index is 3270. The number of benzene rings is 10. The van der Waals surface area contributed by atoms with Crippen LogP contribution in [-0.2, 0) is 0 Å². The van der Waals surface area contributed by atoms with E-state index < -0.39 is 0 Å². The lowest BCUT2D eigenvalue weighted by molar-refractivity contribution is 0.669. The Morgan fingerprint density at radius 2 is 0.717 bits per heavy atom. The van der Waals surface area contributed by atoms with E-state index >= 15 is 0 Å². The summed E-state index contributed by atoms with van der Waals surface area (Å²) in [7, 11) is 0. The average Bonchev–Trinajstić information content (AvgIpc) is 3.71. The molecule has 0 aliphatic heterocycles. The molecule has 11 aromatic rings. The number of nitrogens with zero attached hydrogens (tertiary/aromatic N) is 1. The minimum absolute atomic E-state index is 0.883. The summed E-state index contributed by atoms with van der Waals surface area (Å²) in [5, 5.41) is 4.77. The molecule has 0 bridgehead atoms. The van der Waals surface area contributed by atoms with Crippen LogP contribution in [0.15, 0.2) is 241 Å². The molecule has 0 fully saturated rings. The van der Waals surface area contributed by atoms with E-state index in [1.165, 1.54) is 55.3 Å². The van der Waals surface area contributed by atoms with Gasteiger partial charge in [0, 0.05) is 27.7 Å². The van der Waals surface area contributed by atoms with E-state index in [2.05, 4.69) is 229 Å². The molecule has 11 rings (SSSR count). The van der Waals surface area contributed by atoms with Gasteiger partial charge in [0.1, 0.15) is 11.2 Å². The molecular formula is C58H39NO. The van der Waals surface area contributed by atoms with Gasteiger partial charge in [-0.25, -0.2) is 0 Å². The number of hydrogen-bond acceptors (Lipinski definition) is 2. The summed E-state index contributed by atoms with van der Waals surface area (Å²) in [5.41, 5.74) is 16.8. The molecule has 2 nitrogen and oxygen atoms in total. The molecule has 10 aromatic carbocycles. The molecule has 0 atom stereocenters. The topological polar surface area (TPSA) is 16.4 Å². The number of furan rings is 1. The standard InChI is InChI=1S/C58H39NO/c1-2-11-40(12-3-1)41-21-23-42(24-22-41)44-29-34-49(35-30-44)59(56-19-8-6-16-53(56)48-33-38-55-54-17-7-9-20-57(54)60-58(55)39-48)50-36-31-45(32-37-50)43-25-27-47(28-26-43)52-18-10-14-46-13-4-5-15-51(46)52/h1-39H. The van der Waals surface area contributed by atoms with E-state index in [9.17, 15) is 0 Å². The molecule has 0 amide bonds. The highest BCUT2D eigenvalue weighted by atomic mass is 16.3. The molecule has 2 heteroatoms. The molecule has 1 heterocycles. The van der Waals surface area contributed by atoms with Crippen molar-refractivity contribution < 1.29 is 4.42 Å². The molecular weight excluding hydrogens is 727 g/mol. The minimum atomic E-state index is 0.883. The summed E-state index contributed by atoms with van der Waals surface area (Å²) >= 11 is 0. The summed E-state index contributed by atoms with van der Waals surface area (Å²) in [4.78, 5) is 2.37. The molecule has 0 saturated carbocycles. The van der Waals surface area contributed by atoms with Crippen molar-refractivity contribution in [2.24, 2.45) is 0 Å². The molecule has 60 heavy (non-hydrogen) atoms. The summed E-state index contributed by atoms with van der Waals surface area (Å²) < 4.78 is 6.36. The van der Waals surface area contributed by atoms with E-state index in [1.54, 1.807) is 0 Å². The zero-order valence-corrected chi connectivity index (χ0v) is 32.9. The fraction of sp³-hybridized carbons (Fsp3) is 0. The molecule has 1 aromatic heterocycles. The Morgan fingerprint density at radius 3 is 1.38 bits per heavy atom. The highest BCUT2D eigenvalue weighted by Crippen LogP contribution is 2.43. The van der Waals surface area contributed by atoms with Crippen LogP contribution in [-0.4, -0.2) is 0 Å². The molecule has 282 valence electrons. The second kappa shape index (κ2) is 15.1. The first-order valence-electron chi connectivity index (χ1n) is 20.5. The first kappa shape index (κ1) is 35.2. The van der Waals surface area contributed by atoms with Gasteiger partial charge in [0.05, 0.1) is 5.69 Å². The van der Waals surface area contributed by atoms with Gasteiger partial charge in [-0.15, -0.1) is 0 Å². The van der Waals surface area contributed by atoms with Crippen molar-refractivity contribution in [2.75, 3.05) is 4.90 Å². The monoisotopic (exact) mass is 765 g/mol. The van der Waals surface area contributed by atoms with Gasteiger partial charge in [-0.1, -0.05) is 188 Å². The Hall–Kier alpha value is -7.94. The zero-order chi connectivity index (χ0) is 39.8. The number of para-hydroxylation sites is 2. The smallest absolute Gasteiger partial charge is 0.136 e. The van der Waals surface area contributed by atoms with Gasteiger partial charge in [0.2, 0.25) is 0 Å². The van der Waals surface area contributed by atoms with Crippen LogP contribution in [0.1, 0.15) is 0 Å². The molecule has 0 aliphatic carbocycles. The van der Waals surface area contributed by atoms with Crippen molar-refractivity contribution in [3.8, 4) is 55.6 Å². The Labute approximate surface area is 349 Å². The number of anilines is 3. The summed E-state index contributed by atoms with van der Waals surface area (Å²) in [5.74, 6) is 0. The van der Waals surface area contributed by atoms with Crippen LogP contribution in [0.4, 0.5) is 17.1 Å². The summed E-state index contributed by atoms with van der Waals surface area (Å²) in [6, 6.07) is 84.8. The van der Waals surface area contributed by atoms with Crippen molar-refractivity contribution in [1.82, 2.24) is 0 Å². The molecule has 0 aliphatic rings. The lowest BCUT2D eigenvalue weighted by atomic mass is 9.96. The molecule has 0 unspecified atom stereocenters. The summed E-state index contributed by atoms with van der Waals surface area (Å²) in [6.07, 6.45) is 0. The van der Waals surface area contributed by atoms with Crippen LogP contribution in [0.5, 0.6) is 0 Å². The van der Waals surface area contributed by atoms with Gasteiger partial charge in [0.15, 0.2) is 0 Å². The molecule has 0 N–H and O–H groups in total. The third-order valence-corrected chi connectivity index (χ3v) is 11.7. The second-order valence-corrected chi connectivity index (χ2v) is 15.3. The van der Waals surface area contributed by atoms with Crippen LogP contribution < -0.4 is 4.90 Å². The van der Waals surface area contributed by atoms with Crippen LogP contribution in [0.2, 0.25) is 0 Å². The zero-order valence-electron chi connectivity index (χ0n) is 32.9. The second-order valence-electron chi connectivity index (χ2n) is 15.3. The van der Waals surface area contributed by atoms with E-state index in [0.717, 1.165) is 50.1 Å². The van der Waals surface area contributed by atoms with E-state index in [1.807, 2.05) is 12.1 Å². The predicted octanol–water partition coefficient (Wildman–Crippen LogP) is 16.5. The van der Waals surface area contributed by atoms with Gasteiger partial charge < -0.3 is 9.32 Å². The van der Waals surface area contributed by atoms with Crippen molar-refractivity contribution in [1.29, 1.82) is 0 Å². The van der Waals surface area contributed by atoms with Crippen molar-refractivity contribution in [3.63, 3.8) is 0 Å². The van der Waals surface area contributed by atoms with Gasteiger partial charge >= 0.3 is 0 Å². The third-order valence-electron chi connectivity index (χ3n) is 11.7. The van der Waals surface area contributed by atoms with Gasteiger partial charge in [-0.2, -0.15) is 0 Å². The first-order chi connectivity index (χ1) is 29.7. The van der Waals surface area contributed by atoms with Crippen LogP contribution in [0.25, 0.3) is 88.3 Å². The lowest BCUT2D eigenvalue weighted by Gasteiger charge is -2.28. The van der Waals surface area contributed by atoms with Gasteiger partial charge in [-0.05, 0) is 109 Å². The highest BCUT2D eigenvalue weighted by Gasteiger charge is 2.19. The highest BCUT2D eigenvalue weighted by molar-refractivity contribution is 6.06. The van der Waals surface area contributed by atoms with Crippen LogP contribution >= 0.6 is 0 Å². The number of hydrogen-bond donors (Lipinski definition) is 0. The molecule has 0 saturated heterocycles. The number of fused-ring (bicyclic) bond motifs is 4. The fourth-order valence-corrected chi connectivity index (χ4v) is 8.64. The van der Waals surface area contributed by atoms with Gasteiger partial charge in [-0.3, -0.25) is 0 Å². The van der Waals surface area contributed by atoms with Crippen molar-refractivity contribution in [2.45, 2.75) is 0 Å². The lowest BCUT2D eigenvalue weighted by Crippen LogP contribution is -2.11. The Morgan fingerprint density at radius 1 is 0.267 bits per heavy atom. The normalized spacial score (nSPS) is 11.3. The SMILES string of the molecule is c1ccc(-c2ccc(-c3ccc(N(c4ccc(-c5ccc(-c6cccc7ccccc67)cc5)cc4)c4ccccc4-c4ccc5c(c4)oc4ccccc45)cc3)cc2)cc1. The van der Waals surface area contributed by atoms with Crippen LogP contribution in [0.3, 0.4) is 0 Å². The first-order valence-corrected chi connectivity index (χ1v) is 20.5. The molecule has 0 radical (unpaired) electrons. The Kier molecular flexibility index (Phi) is 8.87. The van der Waals surface area contributed by atoms with E-state index in [4.69, 9.17) is 4.42 Å². The predicted molar refractivity (Wildman–Crippen MR) is 253 cm³/mol. The maximum absolute atomic E-state index is 6.36. The maximum atomic E-state index is 6.36. The quantitative estimate of drug-likeness (QED) is 0.153. The largest absolute Gasteiger partial charge is 0.456 e. The van der Waals surface area contributed by atoms with Crippen molar-refractivity contribution in [3.05, 3.63) is 237 Å². The summed E-state index contributed by atoms with van der Waals surface area (Å²) in [6.45, 7) is 0. The number of rotatable bonds is 8. The van der Waals surface area contributed by atoms with Crippen molar-refractivity contribution >= 4 is 49.8 Å². The molecule has 0 spiro atoms. The van der Waals surface area contributed by atoms with Crippen LogP contribution in [0, 0.1) is 0 Å². The van der Waals surface area contributed by atoms with E-state index in [-0.39, 0.29) is 0 Å². The average molecular weight is 766 g/mol. The fourth-order valence-electron chi connectivity index (χ4n) is 8.64. The Balaban J connectivity index is 0.967. The minimum Gasteiger partial charge on any atom is -0.456 e. The van der Waals surface area contributed by atoms with E-state index in [0.29, 0.717) is 0 Å². The van der Waals surface area contributed by atoms with Gasteiger partial charge in [0.25, 0.3) is 0 Å². The third kappa shape index (κ3) is 6.51. The maximum Gasteiger partial charge on any atom is 0.136 e.